The van der Waals surface area contributed by atoms with Gasteiger partial charge in [0.15, 0.2) is 0 Å². The summed E-state index contributed by atoms with van der Waals surface area (Å²) < 4.78 is 0.678. The van der Waals surface area contributed by atoms with Gasteiger partial charge in [-0.1, -0.05) is 0 Å². The number of benzene rings is 2. The molecule has 0 bridgehead atoms. The second-order valence-electron chi connectivity index (χ2n) is 5.49. The Balaban J connectivity index is 2.93. The molecule has 0 nitrogen and oxygen atoms in total. The molecule has 2 rings (SSSR count). The minimum absolute atomic E-state index is 0.339. The molecule has 0 aliphatic heterocycles. The van der Waals surface area contributed by atoms with Crippen molar-refractivity contribution in [2.24, 2.45) is 0 Å². The van der Waals surface area contributed by atoms with E-state index < -0.39 is 10.5 Å². The van der Waals surface area contributed by atoms with Gasteiger partial charge in [-0.05, 0) is 0 Å². The Bertz CT molecular complexity index is 546. The van der Waals surface area contributed by atoms with Crippen LogP contribution in [0.1, 0.15) is 0 Å². The van der Waals surface area contributed by atoms with Crippen LogP contribution in [0.25, 0.3) is 0 Å². The Morgan fingerprint density at radius 2 is 0.778 bits per heavy atom. The zero-order chi connectivity index (χ0) is 13.6. The van der Waals surface area contributed by atoms with Gasteiger partial charge in [-0.2, -0.15) is 0 Å². The van der Waals surface area contributed by atoms with Crippen molar-refractivity contribution in [1.82, 2.24) is 0 Å². The van der Waals surface area contributed by atoms with E-state index in [0.29, 0.717) is 6.25 Å². The third-order valence-electron chi connectivity index (χ3n) is 3.64. The Kier molecular flexibility index (Phi) is 2.97. The van der Waals surface area contributed by atoms with Crippen molar-refractivity contribution in [2.45, 2.75) is 0 Å². The number of halogens is 5. The fourth-order valence-electron chi connectivity index (χ4n) is 2.32. The second kappa shape index (κ2) is 3.52. The first-order valence-electron chi connectivity index (χ1n) is 5.86. The molecule has 0 amide bonds. The predicted molar refractivity (Wildman–Crippen MR) is 81.4 cm³/mol. The van der Waals surface area contributed by atoms with Crippen molar-refractivity contribution in [3.05, 3.63) is 60.7 Å². The SMILES string of the molecule is [Cl][Cd]([Cl])([Cl])([Cl])([Cl])([c]1ccccc1)[c]1ccccc1. The van der Waals surface area contributed by atoms with Crippen LogP contribution in [0, 0.1) is 0 Å². The van der Waals surface area contributed by atoms with Gasteiger partial charge in [-0.15, -0.1) is 0 Å². The molecular formula is C12H10CdCl5. The molecular weight excluding hydrogens is 434 g/mol. The van der Waals surface area contributed by atoms with Crippen LogP contribution < -0.4 is 6.25 Å². The van der Waals surface area contributed by atoms with Crippen molar-refractivity contribution < 1.29 is 10.5 Å². The molecule has 18 heavy (non-hydrogen) atoms. The van der Waals surface area contributed by atoms with Crippen LogP contribution in [-0.2, 0) is 10.5 Å². The first-order chi connectivity index (χ1) is 7.96. The molecule has 0 N–H and O–H groups in total. The van der Waals surface area contributed by atoms with Crippen molar-refractivity contribution in [3.63, 3.8) is 0 Å². The van der Waals surface area contributed by atoms with Gasteiger partial charge in [0.1, 0.15) is 0 Å². The van der Waals surface area contributed by atoms with Crippen molar-refractivity contribution >= 4 is 47.8 Å². The monoisotopic (exact) mass is 443 g/mol. The van der Waals surface area contributed by atoms with Gasteiger partial charge in [0.2, 0.25) is 0 Å². The van der Waals surface area contributed by atoms with Crippen LogP contribution in [0.4, 0.5) is 0 Å². The molecule has 0 aromatic heterocycles. The zero-order valence-corrected chi connectivity index (χ0v) is 17.2. The van der Waals surface area contributed by atoms with E-state index in [2.05, 4.69) is 0 Å². The fourth-order valence-corrected chi connectivity index (χ4v) is 23.6. The number of hydrogen-bond donors (Lipinski definition) is 0. The van der Waals surface area contributed by atoms with E-state index in [1.165, 1.54) is 0 Å². The van der Waals surface area contributed by atoms with Gasteiger partial charge in [-0.3, -0.25) is 0 Å². The summed E-state index contributed by atoms with van der Waals surface area (Å²) in [7, 11) is 26.2. The van der Waals surface area contributed by atoms with Crippen molar-refractivity contribution in [2.75, 3.05) is 0 Å². The van der Waals surface area contributed by atoms with E-state index >= 15 is 0 Å². The van der Waals surface area contributed by atoms with Crippen LogP contribution in [0.5, 0.6) is 0 Å². The van der Waals surface area contributed by atoms with E-state index in [1.54, 1.807) is 48.5 Å². The van der Waals surface area contributed by atoms with E-state index in [1.807, 2.05) is 12.1 Å². The Morgan fingerprint density at radius 3 is 1.06 bits per heavy atom. The summed E-state index contributed by atoms with van der Waals surface area (Å²) in [5.41, 5.74) is 0. The molecule has 0 radical (unpaired) electrons. The van der Waals surface area contributed by atoms with E-state index in [-0.39, 0.29) is 0 Å². The summed E-state index contributed by atoms with van der Waals surface area (Å²) in [4.78, 5) is 0. The second-order valence-corrected chi connectivity index (χ2v) is 96.7. The molecule has 0 spiro atoms. The average molecular weight is 444 g/mol. The van der Waals surface area contributed by atoms with Crippen molar-refractivity contribution in [1.29, 1.82) is 0 Å². The Morgan fingerprint density at radius 1 is 0.500 bits per heavy atom. The summed E-state index contributed by atoms with van der Waals surface area (Å²) >= 11 is 0. The van der Waals surface area contributed by atoms with E-state index in [0.717, 1.165) is 0 Å². The van der Waals surface area contributed by atoms with Gasteiger partial charge >= 0.3 is 119 Å². The number of rotatable bonds is 2. The topological polar surface area (TPSA) is 0 Å². The van der Waals surface area contributed by atoms with Gasteiger partial charge in [0.25, 0.3) is 0 Å². The van der Waals surface area contributed by atoms with Gasteiger partial charge in [0.05, 0.1) is 0 Å². The van der Waals surface area contributed by atoms with Crippen LogP contribution in [0.2, 0.25) is 0 Å². The molecule has 0 fully saturated rings. The maximum atomic E-state index is 6.62. The first kappa shape index (κ1) is 15.2. The molecule has 2 aromatic rings. The van der Waals surface area contributed by atoms with Gasteiger partial charge in [-0.25, -0.2) is 0 Å². The molecule has 2 aromatic carbocycles. The Labute approximate surface area is 117 Å². The molecule has 95 valence electrons. The summed E-state index contributed by atoms with van der Waals surface area (Å²) in [6.07, 6.45) is 0. The van der Waals surface area contributed by atoms with Crippen molar-refractivity contribution in [3.8, 4) is 0 Å². The Hall–Kier alpha value is 0.812. The van der Waals surface area contributed by atoms with Crippen LogP contribution in [-0.4, -0.2) is 0 Å². The molecule has 0 saturated heterocycles. The van der Waals surface area contributed by atoms with Gasteiger partial charge < -0.3 is 0 Å². The summed E-state index contributed by atoms with van der Waals surface area (Å²) in [5.74, 6) is 0. The van der Waals surface area contributed by atoms with Crippen LogP contribution in [0.15, 0.2) is 60.7 Å². The predicted octanol–water partition coefficient (Wildman–Crippen LogP) is 5.17. The third kappa shape index (κ3) is 2.52. The fraction of sp³-hybridized carbons (Fsp3) is 0. The quantitative estimate of drug-likeness (QED) is 0.562. The average Bonchev–Trinajstić information content (AvgIpc) is 2.30. The number of hydrogen-bond acceptors (Lipinski definition) is 0. The summed E-state index contributed by atoms with van der Waals surface area (Å²) in [6.45, 7) is 0. The molecule has 0 saturated carbocycles. The zero-order valence-electron chi connectivity index (χ0n) is 9.37. The van der Waals surface area contributed by atoms with E-state index in [9.17, 15) is 0 Å². The molecule has 0 atom stereocenters. The molecule has 0 aliphatic rings. The van der Waals surface area contributed by atoms with E-state index in [4.69, 9.17) is 41.6 Å². The summed E-state index contributed by atoms with van der Waals surface area (Å²) in [6, 6.07) is 17.2. The van der Waals surface area contributed by atoms with Crippen LogP contribution >= 0.6 is 41.6 Å². The van der Waals surface area contributed by atoms with Gasteiger partial charge in [0, 0.05) is 0 Å². The maximum absolute atomic E-state index is 6.86. The first-order valence-corrected chi connectivity index (χ1v) is 35.5. The summed E-state index contributed by atoms with van der Waals surface area (Å²) in [5, 5.41) is 0. The normalized spacial score (nSPS) is 18.2. The minimum atomic E-state index is -6.86. The third-order valence-corrected chi connectivity index (χ3v) is 38.2. The molecule has 0 heterocycles. The standard InChI is InChI=1S/2C6H5.Cd.5ClH/c2*1-2-4-6-5-3-1;;;;;;/h2*1-5H;;5*1H/q;;+5;;;;;/p-5. The van der Waals surface area contributed by atoms with Crippen LogP contribution in [0.3, 0.4) is 0 Å². The molecule has 0 unspecified atom stereocenters. The molecule has 0 aliphatic carbocycles. The molecule has 6 heteroatoms.